The van der Waals surface area contributed by atoms with Gasteiger partial charge in [-0.05, 0) is 56.0 Å². The predicted octanol–water partition coefficient (Wildman–Crippen LogP) is 5.12. The van der Waals surface area contributed by atoms with E-state index >= 15 is 0 Å². The number of halogens is 2. The van der Waals surface area contributed by atoms with Crippen LogP contribution in [0.2, 0.25) is 0 Å². The van der Waals surface area contributed by atoms with E-state index in [0.717, 1.165) is 48.1 Å². The molecule has 0 unspecified atom stereocenters. The molecule has 1 fully saturated rings. The Morgan fingerprint density at radius 2 is 1.77 bits per heavy atom. The van der Waals surface area contributed by atoms with Gasteiger partial charge in [0.15, 0.2) is 0 Å². The van der Waals surface area contributed by atoms with E-state index in [2.05, 4.69) is 4.90 Å². The molecule has 8 heteroatoms. The van der Waals surface area contributed by atoms with E-state index in [1.54, 1.807) is 44.4 Å². The van der Waals surface area contributed by atoms with Crippen molar-refractivity contribution in [1.29, 1.82) is 0 Å². The average Bonchev–Trinajstić information content (AvgIpc) is 3.13. The third-order valence-corrected chi connectivity index (χ3v) is 7.27. The number of methoxy groups -OCH3 is 1. The number of hydrogen-bond donors (Lipinski definition) is 0. The number of rotatable bonds is 5. The maximum atomic E-state index is 13.6. The van der Waals surface area contributed by atoms with Crippen molar-refractivity contribution in [2.75, 3.05) is 25.1 Å². The monoisotopic (exact) mass is 434 g/mol. The van der Waals surface area contributed by atoms with Crippen LogP contribution in [0, 0.1) is 6.92 Å². The molecule has 0 saturated carbocycles. The molecule has 160 valence electrons. The minimum atomic E-state index is -4.08. The second-order valence-corrected chi connectivity index (χ2v) is 9.40. The first-order chi connectivity index (χ1) is 14.3. The van der Waals surface area contributed by atoms with Crippen LogP contribution in [-0.2, 0) is 10.0 Å². The first-order valence-electron chi connectivity index (χ1n) is 9.91. The summed E-state index contributed by atoms with van der Waals surface area (Å²) in [6, 6.07) is 9.54. The number of aromatic nitrogens is 1. The van der Waals surface area contributed by atoms with Gasteiger partial charge in [0.2, 0.25) is 0 Å². The van der Waals surface area contributed by atoms with E-state index in [9.17, 15) is 17.2 Å². The number of fused-ring (bicyclic) bond motifs is 1. The second kappa shape index (κ2) is 7.91. The van der Waals surface area contributed by atoms with Crippen LogP contribution in [0.25, 0.3) is 10.9 Å². The number of piperidine rings is 1. The average molecular weight is 435 g/mol. The molecule has 5 nitrogen and oxygen atoms in total. The molecule has 1 aliphatic heterocycles. The molecule has 0 amide bonds. The lowest BCUT2D eigenvalue weighted by molar-refractivity contribution is 0.153. The Balaban J connectivity index is 1.87. The van der Waals surface area contributed by atoms with Crippen LogP contribution in [-0.4, -0.2) is 32.6 Å². The standard InChI is InChI=1S/C22H24F2N2O3S/c1-15-6-8-17-18(22(23)24)14-26(19(17)12-15)30(27,28)16-7-9-21(29-2)20(13-16)25-10-4-3-5-11-25/h6-9,12-14,22H,3-5,10-11H2,1-2H3. The Kier molecular flexibility index (Phi) is 5.44. The predicted molar refractivity (Wildman–Crippen MR) is 113 cm³/mol. The van der Waals surface area contributed by atoms with Crippen molar-refractivity contribution in [1.82, 2.24) is 3.97 Å². The van der Waals surface area contributed by atoms with Crippen LogP contribution < -0.4 is 9.64 Å². The van der Waals surface area contributed by atoms with Gasteiger partial charge >= 0.3 is 0 Å². The van der Waals surface area contributed by atoms with Gasteiger partial charge in [-0.1, -0.05) is 12.1 Å². The molecule has 0 atom stereocenters. The molecule has 1 aliphatic rings. The Labute approximate surface area is 174 Å². The fourth-order valence-electron chi connectivity index (χ4n) is 4.03. The Hall–Kier alpha value is -2.61. The highest BCUT2D eigenvalue weighted by molar-refractivity contribution is 7.90. The summed E-state index contributed by atoms with van der Waals surface area (Å²) in [5.74, 6) is 0.595. The number of hydrogen-bond acceptors (Lipinski definition) is 4. The van der Waals surface area contributed by atoms with Crippen LogP contribution >= 0.6 is 0 Å². The summed E-state index contributed by atoms with van der Waals surface area (Å²) in [5, 5.41) is 0.240. The summed E-state index contributed by atoms with van der Waals surface area (Å²) in [4.78, 5) is 2.16. The third kappa shape index (κ3) is 3.53. The van der Waals surface area contributed by atoms with E-state index in [0.29, 0.717) is 11.4 Å². The molecule has 4 rings (SSSR count). The first-order valence-corrected chi connectivity index (χ1v) is 11.4. The highest BCUT2D eigenvalue weighted by Gasteiger charge is 2.26. The van der Waals surface area contributed by atoms with Gasteiger partial charge in [0.05, 0.1) is 23.2 Å². The molecular weight excluding hydrogens is 410 g/mol. The molecule has 3 aromatic rings. The van der Waals surface area contributed by atoms with Crippen LogP contribution in [0.1, 0.15) is 36.8 Å². The quantitative estimate of drug-likeness (QED) is 0.559. The minimum absolute atomic E-state index is 0.0445. The van der Waals surface area contributed by atoms with Crippen molar-refractivity contribution in [3.63, 3.8) is 0 Å². The zero-order valence-corrected chi connectivity index (χ0v) is 17.8. The van der Waals surface area contributed by atoms with Gasteiger partial charge in [0.25, 0.3) is 16.4 Å². The number of benzene rings is 2. The van der Waals surface area contributed by atoms with Gasteiger partial charge in [-0.25, -0.2) is 21.2 Å². The highest BCUT2D eigenvalue weighted by atomic mass is 32.2. The molecule has 0 radical (unpaired) electrons. The third-order valence-electron chi connectivity index (χ3n) is 5.60. The lowest BCUT2D eigenvalue weighted by Gasteiger charge is -2.30. The van der Waals surface area contributed by atoms with E-state index in [1.807, 2.05) is 0 Å². The van der Waals surface area contributed by atoms with E-state index in [4.69, 9.17) is 4.74 Å². The van der Waals surface area contributed by atoms with Gasteiger partial charge in [0.1, 0.15) is 5.75 Å². The maximum Gasteiger partial charge on any atom is 0.268 e. The fraction of sp³-hybridized carbons (Fsp3) is 0.364. The lowest BCUT2D eigenvalue weighted by Crippen LogP contribution is -2.30. The van der Waals surface area contributed by atoms with Crippen LogP contribution in [0.3, 0.4) is 0 Å². The summed E-state index contributed by atoms with van der Waals surface area (Å²) in [5.41, 5.74) is 1.46. The zero-order valence-electron chi connectivity index (χ0n) is 16.9. The Morgan fingerprint density at radius 3 is 2.43 bits per heavy atom. The summed E-state index contributed by atoms with van der Waals surface area (Å²) in [6.07, 6.45) is 1.46. The number of nitrogens with zero attached hydrogens (tertiary/aromatic N) is 2. The van der Waals surface area contributed by atoms with Gasteiger partial charge in [-0.15, -0.1) is 0 Å². The van der Waals surface area contributed by atoms with Gasteiger partial charge in [0, 0.05) is 30.2 Å². The topological polar surface area (TPSA) is 51.5 Å². The normalized spacial score (nSPS) is 15.2. The highest BCUT2D eigenvalue weighted by Crippen LogP contribution is 2.36. The van der Waals surface area contributed by atoms with Gasteiger partial charge < -0.3 is 9.64 Å². The number of alkyl halides is 2. The molecule has 2 aromatic carbocycles. The van der Waals surface area contributed by atoms with Crippen LogP contribution in [0.5, 0.6) is 5.75 Å². The Bertz CT molecular complexity index is 1180. The fourth-order valence-corrected chi connectivity index (χ4v) is 5.42. The molecule has 1 aromatic heterocycles. The van der Waals surface area contributed by atoms with Crippen molar-refractivity contribution in [2.45, 2.75) is 37.5 Å². The van der Waals surface area contributed by atoms with Gasteiger partial charge in [-0.3, -0.25) is 0 Å². The van der Waals surface area contributed by atoms with Crippen molar-refractivity contribution in [3.05, 3.63) is 53.7 Å². The van der Waals surface area contributed by atoms with Crippen molar-refractivity contribution in [2.24, 2.45) is 0 Å². The molecule has 0 aliphatic carbocycles. The van der Waals surface area contributed by atoms with Crippen molar-refractivity contribution < 1.29 is 21.9 Å². The molecule has 1 saturated heterocycles. The van der Waals surface area contributed by atoms with Crippen molar-refractivity contribution >= 4 is 26.6 Å². The minimum Gasteiger partial charge on any atom is -0.495 e. The van der Waals surface area contributed by atoms with Crippen LogP contribution in [0.4, 0.5) is 14.5 Å². The SMILES string of the molecule is COc1ccc(S(=O)(=O)n2cc(C(F)F)c3ccc(C)cc32)cc1N1CCCCC1. The molecule has 0 N–H and O–H groups in total. The summed E-state index contributed by atoms with van der Waals surface area (Å²) in [7, 11) is -2.53. The molecule has 0 spiro atoms. The lowest BCUT2D eigenvalue weighted by atomic mass is 10.1. The van der Waals surface area contributed by atoms with E-state index in [1.165, 1.54) is 6.07 Å². The maximum absolute atomic E-state index is 13.6. The van der Waals surface area contributed by atoms with E-state index in [-0.39, 0.29) is 21.4 Å². The largest absolute Gasteiger partial charge is 0.495 e. The molecular formula is C22H24F2N2O3S. The summed E-state index contributed by atoms with van der Waals surface area (Å²) < 4.78 is 60.6. The second-order valence-electron chi connectivity index (χ2n) is 7.59. The molecule has 30 heavy (non-hydrogen) atoms. The molecule has 2 heterocycles. The Morgan fingerprint density at radius 1 is 1.03 bits per heavy atom. The zero-order chi connectivity index (χ0) is 21.5. The van der Waals surface area contributed by atoms with Gasteiger partial charge in [-0.2, -0.15) is 0 Å². The smallest absolute Gasteiger partial charge is 0.268 e. The van der Waals surface area contributed by atoms with Crippen LogP contribution in [0.15, 0.2) is 47.5 Å². The summed E-state index contributed by atoms with van der Waals surface area (Å²) >= 11 is 0. The number of aryl methyl sites for hydroxylation is 1. The summed E-state index contributed by atoms with van der Waals surface area (Å²) in [6.45, 7) is 3.44. The first kappa shape index (κ1) is 20.7. The van der Waals surface area contributed by atoms with Crippen molar-refractivity contribution in [3.8, 4) is 5.75 Å². The molecule has 0 bridgehead atoms. The number of ether oxygens (including phenoxy) is 1. The number of anilines is 1. The van der Waals surface area contributed by atoms with E-state index < -0.39 is 16.4 Å².